The Morgan fingerprint density at radius 2 is 2.09 bits per heavy atom. The van der Waals surface area contributed by atoms with Crippen molar-refractivity contribution >= 4 is 17.2 Å². The molecular weight excluding hydrogens is 313 g/mol. The van der Waals surface area contributed by atoms with E-state index in [1.807, 2.05) is 16.3 Å². The van der Waals surface area contributed by atoms with E-state index < -0.39 is 0 Å². The summed E-state index contributed by atoms with van der Waals surface area (Å²) in [6.45, 7) is 6.62. The van der Waals surface area contributed by atoms with Crippen LogP contribution in [0.15, 0.2) is 29.6 Å². The minimum Gasteiger partial charge on any atom is -0.340 e. The molecule has 3 rings (SSSR count). The van der Waals surface area contributed by atoms with Crippen molar-refractivity contribution in [1.82, 2.24) is 14.8 Å². The Labute approximate surface area is 139 Å². The van der Waals surface area contributed by atoms with E-state index in [9.17, 15) is 9.18 Å². The summed E-state index contributed by atoms with van der Waals surface area (Å²) in [7, 11) is 0. The summed E-state index contributed by atoms with van der Waals surface area (Å²) in [6, 6.07) is 6.38. The largest absolute Gasteiger partial charge is 0.340 e. The highest BCUT2D eigenvalue weighted by atomic mass is 32.1. The standard InChI is InChI=1S/C17H20FN3OS/c1-2-20-6-8-21(9-7-20)16(22)11-15-12-23-17(19-15)13-4-3-5-14(18)10-13/h3-5,10,12H,2,6-9,11H2,1H3. The molecule has 1 fully saturated rings. The molecule has 6 heteroatoms. The molecule has 0 saturated carbocycles. The summed E-state index contributed by atoms with van der Waals surface area (Å²) in [5.74, 6) is -0.152. The summed E-state index contributed by atoms with van der Waals surface area (Å²) in [5.41, 5.74) is 1.52. The lowest BCUT2D eigenvalue weighted by molar-refractivity contribution is -0.132. The first kappa shape index (κ1) is 16.1. The van der Waals surface area contributed by atoms with Gasteiger partial charge in [0.1, 0.15) is 10.8 Å². The van der Waals surface area contributed by atoms with Crippen LogP contribution in [0.3, 0.4) is 0 Å². The zero-order valence-electron chi connectivity index (χ0n) is 13.2. The molecule has 1 aliphatic heterocycles. The lowest BCUT2D eigenvalue weighted by atomic mass is 10.2. The van der Waals surface area contributed by atoms with Crippen LogP contribution in [0, 0.1) is 5.82 Å². The Balaban J connectivity index is 1.62. The molecule has 0 radical (unpaired) electrons. The van der Waals surface area contributed by atoms with Crippen molar-refractivity contribution in [3.63, 3.8) is 0 Å². The van der Waals surface area contributed by atoms with Gasteiger partial charge in [-0.2, -0.15) is 0 Å². The Morgan fingerprint density at radius 3 is 2.78 bits per heavy atom. The number of amides is 1. The molecule has 1 saturated heterocycles. The number of carbonyl (C=O) groups is 1. The third-order valence-corrected chi connectivity index (χ3v) is 5.07. The van der Waals surface area contributed by atoms with E-state index in [0.29, 0.717) is 6.42 Å². The van der Waals surface area contributed by atoms with Gasteiger partial charge in [0, 0.05) is 37.1 Å². The van der Waals surface area contributed by atoms with Crippen LogP contribution >= 0.6 is 11.3 Å². The Kier molecular flexibility index (Phi) is 5.03. The number of hydrogen-bond acceptors (Lipinski definition) is 4. The fraction of sp³-hybridized carbons (Fsp3) is 0.412. The second kappa shape index (κ2) is 7.19. The second-order valence-electron chi connectivity index (χ2n) is 5.65. The number of aromatic nitrogens is 1. The van der Waals surface area contributed by atoms with E-state index in [1.165, 1.54) is 23.5 Å². The fourth-order valence-electron chi connectivity index (χ4n) is 2.72. The lowest BCUT2D eigenvalue weighted by Gasteiger charge is -2.34. The molecule has 2 heterocycles. The molecule has 0 spiro atoms. The third kappa shape index (κ3) is 3.95. The summed E-state index contributed by atoms with van der Waals surface area (Å²) in [4.78, 5) is 21.1. The molecule has 122 valence electrons. The minimum atomic E-state index is -0.274. The summed E-state index contributed by atoms with van der Waals surface area (Å²) in [6.07, 6.45) is 0.317. The Bertz CT molecular complexity index is 680. The van der Waals surface area contributed by atoms with Crippen LogP contribution in [-0.2, 0) is 11.2 Å². The number of rotatable bonds is 4. The van der Waals surface area contributed by atoms with Gasteiger partial charge in [-0.05, 0) is 18.7 Å². The highest BCUT2D eigenvalue weighted by Crippen LogP contribution is 2.24. The van der Waals surface area contributed by atoms with E-state index in [4.69, 9.17) is 0 Å². The van der Waals surface area contributed by atoms with Gasteiger partial charge in [-0.25, -0.2) is 9.37 Å². The molecule has 0 bridgehead atoms. The monoisotopic (exact) mass is 333 g/mol. The van der Waals surface area contributed by atoms with Crippen molar-refractivity contribution in [3.05, 3.63) is 41.2 Å². The van der Waals surface area contributed by atoms with Crippen LogP contribution in [0.1, 0.15) is 12.6 Å². The summed E-state index contributed by atoms with van der Waals surface area (Å²) >= 11 is 1.45. The van der Waals surface area contributed by atoms with Crippen molar-refractivity contribution in [3.8, 4) is 10.6 Å². The molecule has 2 aromatic rings. The molecule has 0 N–H and O–H groups in total. The van der Waals surface area contributed by atoms with Gasteiger partial charge in [-0.1, -0.05) is 19.1 Å². The number of hydrogen-bond donors (Lipinski definition) is 0. The van der Waals surface area contributed by atoms with Gasteiger partial charge in [0.05, 0.1) is 12.1 Å². The third-order valence-electron chi connectivity index (χ3n) is 4.13. The van der Waals surface area contributed by atoms with Crippen LogP contribution in [0.4, 0.5) is 4.39 Å². The number of thiazole rings is 1. The fourth-order valence-corrected chi connectivity index (χ4v) is 3.54. The first-order chi connectivity index (χ1) is 11.2. The molecule has 0 atom stereocenters. The van der Waals surface area contributed by atoms with Gasteiger partial charge in [0.25, 0.3) is 0 Å². The maximum absolute atomic E-state index is 13.3. The number of benzene rings is 1. The van der Waals surface area contributed by atoms with E-state index >= 15 is 0 Å². The zero-order valence-corrected chi connectivity index (χ0v) is 14.0. The van der Waals surface area contributed by atoms with E-state index in [0.717, 1.165) is 49.0 Å². The topological polar surface area (TPSA) is 36.4 Å². The van der Waals surface area contributed by atoms with Gasteiger partial charge in [0.15, 0.2) is 0 Å². The Morgan fingerprint density at radius 1 is 1.30 bits per heavy atom. The average Bonchev–Trinajstić information content (AvgIpc) is 3.03. The van der Waals surface area contributed by atoms with E-state index in [1.54, 1.807) is 6.07 Å². The molecule has 0 unspecified atom stereocenters. The molecule has 0 aliphatic carbocycles. The normalized spacial score (nSPS) is 15.8. The smallest absolute Gasteiger partial charge is 0.228 e. The summed E-state index contributed by atoms with van der Waals surface area (Å²) in [5, 5.41) is 2.64. The number of likely N-dealkylation sites (N-methyl/N-ethyl adjacent to an activating group) is 1. The first-order valence-electron chi connectivity index (χ1n) is 7.86. The van der Waals surface area contributed by atoms with Crippen molar-refractivity contribution in [2.75, 3.05) is 32.7 Å². The highest BCUT2D eigenvalue weighted by Gasteiger charge is 2.21. The first-order valence-corrected chi connectivity index (χ1v) is 8.74. The van der Waals surface area contributed by atoms with Gasteiger partial charge >= 0.3 is 0 Å². The van der Waals surface area contributed by atoms with Gasteiger partial charge < -0.3 is 9.80 Å². The number of piperazine rings is 1. The molecule has 23 heavy (non-hydrogen) atoms. The van der Waals surface area contributed by atoms with Crippen molar-refractivity contribution in [2.45, 2.75) is 13.3 Å². The summed E-state index contributed by atoms with van der Waals surface area (Å²) < 4.78 is 13.3. The van der Waals surface area contributed by atoms with Crippen LogP contribution in [0.25, 0.3) is 10.6 Å². The van der Waals surface area contributed by atoms with Crippen LogP contribution in [-0.4, -0.2) is 53.4 Å². The maximum atomic E-state index is 13.3. The van der Waals surface area contributed by atoms with Crippen molar-refractivity contribution < 1.29 is 9.18 Å². The predicted molar refractivity (Wildman–Crippen MR) is 89.9 cm³/mol. The molecule has 1 aliphatic rings. The van der Waals surface area contributed by atoms with Gasteiger partial charge in [0.2, 0.25) is 5.91 Å². The quantitative estimate of drug-likeness (QED) is 0.863. The van der Waals surface area contributed by atoms with Crippen LogP contribution < -0.4 is 0 Å². The highest BCUT2D eigenvalue weighted by molar-refractivity contribution is 7.13. The van der Waals surface area contributed by atoms with Gasteiger partial charge in [-0.3, -0.25) is 4.79 Å². The van der Waals surface area contributed by atoms with Crippen molar-refractivity contribution in [1.29, 1.82) is 0 Å². The molecule has 4 nitrogen and oxygen atoms in total. The minimum absolute atomic E-state index is 0.122. The molecule has 1 amide bonds. The predicted octanol–water partition coefficient (Wildman–Crippen LogP) is 2.66. The molecular formula is C17H20FN3OS. The van der Waals surface area contributed by atoms with Crippen LogP contribution in [0.5, 0.6) is 0 Å². The molecule has 1 aromatic carbocycles. The van der Waals surface area contributed by atoms with Gasteiger partial charge in [-0.15, -0.1) is 11.3 Å². The second-order valence-corrected chi connectivity index (χ2v) is 6.50. The SMILES string of the molecule is CCN1CCN(C(=O)Cc2csc(-c3cccc(F)c3)n2)CC1. The van der Waals surface area contributed by atoms with E-state index in [2.05, 4.69) is 16.8 Å². The number of halogens is 1. The zero-order chi connectivity index (χ0) is 16.2. The van der Waals surface area contributed by atoms with E-state index in [-0.39, 0.29) is 11.7 Å². The van der Waals surface area contributed by atoms with Crippen molar-refractivity contribution in [2.24, 2.45) is 0 Å². The average molecular weight is 333 g/mol. The van der Waals surface area contributed by atoms with Crippen LogP contribution in [0.2, 0.25) is 0 Å². The number of carbonyl (C=O) groups excluding carboxylic acids is 1. The maximum Gasteiger partial charge on any atom is 0.228 e. The molecule has 1 aromatic heterocycles. The number of nitrogens with zero attached hydrogens (tertiary/aromatic N) is 3. The Hall–Kier alpha value is -1.79. The lowest BCUT2D eigenvalue weighted by Crippen LogP contribution is -2.48.